The lowest BCUT2D eigenvalue weighted by atomic mass is 9.99. The van der Waals surface area contributed by atoms with Crippen LogP contribution in [0.5, 0.6) is 5.75 Å². The van der Waals surface area contributed by atoms with Crippen LogP contribution in [0.2, 0.25) is 0 Å². The van der Waals surface area contributed by atoms with Crippen LogP contribution in [0.25, 0.3) is 0 Å². The summed E-state index contributed by atoms with van der Waals surface area (Å²) in [7, 11) is 2.73. The first-order valence-corrected chi connectivity index (χ1v) is 10.1. The molecule has 0 saturated heterocycles. The first-order chi connectivity index (χ1) is 15.5. The number of hydrogen-bond donors (Lipinski definition) is 3. The van der Waals surface area contributed by atoms with E-state index in [9.17, 15) is 14.7 Å². The second kappa shape index (κ2) is 11.0. The summed E-state index contributed by atoms with van der Waals surface area (Å²) in [5, 5.41) is 16.2. The van der Waals surface area contributed by atoms with Gasteiger partial charge in [-0.05, 0) is 28.8 Å². The zero-order chi connectivity index (χ0) is 22.9. The molecule has 0 aliphatic heterocycles. The van der Waals surface area contributed by atoms with E-state index in [-0.39, 0.29) is 0 Å². The molecule has 2 unspecified atom stereocenters. The summed E-state index contributed by atoms with van der Waals surface area (Å²) in [6.07, 6.45) is -1.31. The number of esters is 1. The molecule has 0 bridgehead atoms. The highest BCUT2D eigenvalue weighted by Crippen LogP contribution is 2.23. The molecule has 0 aromatic heterocycles. The Hall–Kier alpha value is -3.84. The van der Waals surface area contributed by atoms with E-state index in [4.69, 9.17) is 9.47 Å². The molecule has 0 saturated carbocycles. The van der Waals surface area contributed by atoms with Crippen LogP contribution in [0.4, 0.5) is 4.79 Å². The Balaban J connectivity index is 1.80. The van der Waals surface area contributed by atoms with Gasteiger partial charge in [0.1, 0.15) is 11.9 Å². The fraction of sp³-hybridized carbons (Fsp3) is 0.200. The molecule has 0 aliphatic carbocycles. The van der Waals surface area contributed by atoms with Crippen molar-refractivity contribution in [2.45, 2.75) is 18.2 Å². The maximum atomic E-state index is 12.9. The molecule has 3 aromatic rings. The number of amides is 2. The highest BCUT2D eigenvalue weighted by Gasteiger charge is 2.31. The summed E-state index contributed by atoms with van der Waals surface area (Å²) in [5.41, 5.74) is 2.18. The van der Waals surface area contributed by atoms with Crippen LogP contribution in [0, 0.1) is 0 Å². The first kappa shape index (κ1) is 22.8. The van der Waals surface area contributed by atoms with E-state index in [0.29, 0.717) is 11.3 Å². The van der Waals surface area contributed by atoms with Gasteiger partial charge in [0.05, 0.1) is 20.3 Å². The summed E-state index contributed by atoms with van der Waals surface area (Å²) in [6.45, 7) is 0. The smallest absolute Gasteiger partial charge is 0.331 e. The van der Waals surface area contributed by atoms with Gasteiger partial charge in [0.15, 0.2) is 6.04 Å². The van der Waals surface area contributed by atoms with Gasteiger partial charge in [-0.25, -0.2) is 9.59 Å². The van der Waals surface area contributed by atoms with Crippen LogP contribution in [0.1, 0.15) is 28.8 Å². The molecule has 0 heterocycles. The molecule has 32 heavy (non-hydrogen) atoms. The Bertz CT molecular complexity index is 970. The van der Waals surface area contributed by atoms with Gasteiger partial charge in [0.2, 0.25) is 0 Å². The zero-order valence-electron chi connectivity index (χ0n) is 17.9. The van der Waals surface area contributed by atoms with Gasteiger partial charge >= 0.3 is 12.0 Å². The second-order valence-electron chi connectivity index (χ2n) is 7.09. The first-order valence-electron chi connectivity index (χ1n) is 10.1. The number of carbonyl (C=O) groups is 2. The number of aliphatic hydroxyl groups excluding tert-OH is 1. The second-order valence-corrected chi connectivity index (χ2v) is 7.09. The third-order valence-electron chi connectivity index (χ3n) is 5.06. The normalized spacial score (nSPS) is 12.5. The van der Waals surface area contributed by atoms with Gasteiger partial charge in [-0.3, -0.25) is 0 Å². The van der Waals surface area contributed by atoms with Crippen molar-refractivity contribution in [1.82, 2.24) is 10.6 Å². The molecule has 0 fully saturated rings. The maximum absolute atomic E-state index is 12.9. The van der Waals surface area contributed by atoms with Gasteiger partial charge < -0.3 is 25.2 Å². The lowest BCUT2D eigenvalue weighted by Crippen LogP contribution is -2.50. The van der Waals surface area contributed by atoms with E-state index < -0.39 is 30.2 Å². The summed E-state index contributed by atoms with van der Waals surface area (Å²) in [4.78, 5) is 25.3. The van der Waals surface area contributed by atoms with Gasteiger partial charge in [-0.1, -0.05) is 72.8 Å². The van der Waals surface area contributed by atoms with Crippen LogP contribution < -0.4 is 15.4 Å². The Labute approximate surface area is 187 Å². The van der Waals surface area contributed by atoms with Crippen molar-refractivity contribution in [2.24, 2.45) is 0 Å². The van der Waals surface area contributed by atoms with Crippen molar-refractivity contribution in [3.05, 3.63) is 102 Å². The van der Waals surface area contributed by atoms with Crippen molar-refractivity contribution in [1.29, 1.82) is 0 Å². The van der Waals surface area contributed by atoms with Crippen molar-refractivity contribution >= 4 is 12.0 Å². The minimum absolute atomic E-state index is 0.434. The summed E-state index contributed by atoms with van der Waals surface area (Å²) >= 11 is 0. The summed E-state index contributed by atoms with van der Waals surface area (Å²) in [6, 6.07) is 23.1. The van der Waals surface area contributed by atoms with Crippen LogP contribution in [0.3, 0.4) is 0 Å². The average Bonchev–Trinajstić information content (AvgIpc) is 2.86. The number of urea groups is 1. The van der Waals surface area contributed by atoms with Crippen LogP contribution >= 0.6 is 0 Å². The predicted octanol–water partition coefficient (Wildman–Crippen LogP) is 3.36. The van der Waals surface area contributed by atoms with E-state index in [0.717, 1.165) is 11.1 Å². The lowest BCUT2D eigenvalue weighted by molar-refractivity contribution is -0.146. The van der Waals surface area contributed by atoms with E-state index >= 15 is 0 Å². The molecule has 7 heteroatoms. The number of hydrogen-bond acceptors (Lipinski definition) is 5. The fourth-order valence-electron chi connectivity index (χ4n) is 3.35. The number of nitrogens with one attached hydrogen (secondary N) is 2. The van der Waals surface area contributed by atoms with Gasteiger partial charge in [0.25, 0.3) is 0 Å². The van der Waals surface area contributed by atoms with Crippen molar-refractivity contribution in [3.63, 3.8) is 0 Å². The molecular weight excluding hydrogens is 408 g/mol. The molecular formula is C25H26N2O5. The minimum atomic E-state index is -1.31. The minimum Gasteiger partial charge on any atom is -0.497 e. The standard InChI is InChI=1S/C25H26N2O5/c1-31-20-15-13-19(14-16-20)23(28)22(24(29)32-2)27-25(30)26-21(17-9-5-3-6-10-17)18-11-7-4-8-12-18/h3-16,21-23,28H,1-2H3,(H2,26,27,30). The number of carbonyl (C=O) groups excluding carboxylic acids is 2. The molecule has 3 rings (SSSR count). The summed E-state index contributed by atoms with van der Waals surface area (Å²) < 4.78 is 9.93. The SMILES string of the molecule is COC(=O)C(NC(=O)NC(c1ccccc1)c1ccccc1)C(O)c1ccc(OC)cc1. The zero-order valence-corrected chi connectivity index (χ0v) is 17.9. The average molecular weight is 434 g/mol. The van der Waals surface area contributed by atoms with Gasteiger partial charge in [-0.15, -0.1) is 0 Å². The molecule has 2 amide bonds. The number of aliphatic hydroxyl groups is 1. The third-order valence-corrected chi connectivity index (χ3v) is 5.06. The molecule has 0 radical (unpaired) electrons. The molecule has 3 aromatic carbocycles. The fourth-order valence-corrected chi connectivity index (χ4v) is 3.35. The Kier molecular flexibility index (Phi) is 7.83. The quantitative estimate of drug-likeness (QED) is 0.473. The molecule has 0 spiro atoms. The number of methoxy groups -OCH3 is 2. The Morgan fingerprint density at radius 3 is 1.75 bits per heavy atom. The van der Waals surface area contributed by atoms with Crippen LogP contribution in [-0.4, -0.2) is 37.4 Å². The molecule has 7 nitrogen and oxygen atoms in total. The van der Waals surface area contributed by atoms with Crippen molar-refractivity contribution in [3.8, 4) is 5.75 Å². The van der Waals surface area contributed by atoms with Crippen molar-refractivity contribution in [2.75, 3.05) is 14.2 Å². The Morgan fingerprint density at radius 2 is 1.28 bits per heavy atom. The monoisotopic (exact) mass is 434 g/mol. The lowest BCUT2D eigenvalue weighted by Gasteiger charge is -2.25. The van der Waals surface area contributed by atoms with Crippen molar-refractivity contribution < 1.29 is 24.2 Å². The predicted molar refractivity (Wildman–Crippen MR) is 120 cm³/mol. The molecule has 3 N–H and O–H groups in total. The number of benzene rings is 3. The van der Waals surface area contributed by atoms with E-state index in [2.05, 4.69) is 10.6 Å². The topological polar surface area (TPSA) is 96.9 Å². The Morgan fingerprint density at radius 1 is 0.750 bits per heavy atom. The number of rotatable bonds is 8. The largest absolute Gasteiger partial charge is 0.497 e. The maximum Gasteiger partial charge on any atom is 0.331 e. The molecule has 166 valence electrons. The van der Waals surface area contributed by atoms with E-state index in [1.807, 2.05) is 60.7 Å². The highest BCUT2D eigenvalue weighted by atomic mass is 16.5. The van der Waals surface area contributed by atoms with Gasteiger partial charge in [0, 0.05) is 0 Å². The van der Waals surface area contributed by atoms with E-state index in [1.165, 1.54) is 14.2 Å². The van der Waals surface area contributed by atoms with E-state index in [1.54, 1.807) is 24.3 Å². The molecule has 2 atom stereocenters. The van der Waals surface area contributed by atoms with Crippen LogP contribution in [-0.2, 0) is 9.53 Å². The van der Waals surface area contributed by atoms with Gasteiger partial charge in [-0.2, -0.15) is 0 Å². The van der Waals surface area contributed by atoms with Crippen LogP contribution in [0.15, 0.2) is 84.9 Å². The molecule has 0 aliphatic rings. The third kappa shape index (κ3) is 5.65. The summed E-state index contributed by atoms with van der Waals surface area (Å²) in [5.74, 6) is -0.158. The number of ether oxygens (including phenoxy) is 2. The highest BCUT2D eigenvalue weighted by molar-refractivity contribution is 5.84.